The van der Waals surface area contributed by atoms with Crippen LogP contribution in [0.25, 0.3) is 0 Å². The largest absolute Gasteiger partial charge is 0.352 e. The zero-order valence-corrected chi connectivity index (χ0v) is 14.6. The van der Waals surface area contributed by atoms with Gasteiger partial charge in [0.25, 0.3) is 5.91 Å². The molecule has 6 heteroatoms. The first-order valence-electron chi connectivity index (χ1n) is 7.78. The summed E-state index contributed by atoms with van der Waals surface area (Å²) in [6.07, 6.45) is 3.81. The van der Waals surface area contributed by atoms with Crippen LogP contribution < -0.4 is 5.32 Å². The maximum atomic E-state index is 12.3. The van der Waals surface area contributed by atoms with Gasteiger partial charge in [0, 0.05) is 23.7 Å². The number of pyridine rings is 1. The third kappa shape index (κ3) is 3.91. The van der Waals surface area contributed by atoms with Gasteiger partial charge in [-0.1, -0.05) is 17.7 Å². The van der Waals surface area contributed by atoms with Crippen LogP contribution in [0.2, 0.25) is 5.15 Å². The molecule has 3 heterocycles. The van der Waals surface area contributed by atoms with Crippen molar-refractivity contribution in [3.05, 3.63) is 51.4 Å². The average molecular weight is 350 g/mol. The van der Waals surface area contributed by atoms with Crippen LogP contribution in [-0.4, -0.2) is 35.9 Å². The second-order valence-corrected chi connectivity index (χ2v) is 7.29. The predicted molar refractivity (Wildman–Crippen MR) is 94.0 cm³/mol. The molecule has 0 aliphatic carbocycles. The molecule has 0 unspecified atom stereocenters. The van der Waals surface area contributed by atoms with E-state index in [0.717, 1.165) is 13.0 Å². The highest BCUT2D eigenvalue weighted by atomic mass is 35.5. The lowest BCUT2D eigenvalue weighted by Gasteiger charge is -2.38. The monoisotopic (exact) mass is 349 g/mol. The van der Waals surface area contributed by atoms with Crippen LogP contribution in [0.1, 0.15) is 34.1 Å². The molecule has 0 aromatic carbocycles. The summed E-state index contributed by atoms with van der Waals surface area (Å²) in [4.78, 5) is 20.0. The molecule has 0 saturated carbocycles. The molecule has 23 heavy (non-hydrogen) atoms. The molecule has 122 valence electrons. The molecule has 2 aromatic rings. The van der Waals surface area contributed by atoms with Crippen molar-refractivity contribution in [2.24, 2.45) is 5.92 Å². The number of nitrogens with one attached hydrogen (secondary N) is 1. The summed E-state index contributed by atoms with van der Waals surface area (Å²) in [6.45, 7) is 1.78. The van der Waals surface area contributed by atoms with Gasteiger partial charge in [0.1, 0.15) is 5.15 Å². The van der Waals surface area contributed by atoms with Crippen molar-refractivity contribution < 1.29 is 4.79 Å². The number of halogens is 1. The lowest BCUT2D eigenvalue weighted by molar-refractivity contribution is 0.0895. The molecule has 0 radical (unpaired) electrons. The molecule has 2 atom stereocenters. The summed E-state index contributed by atoms with van der Waals surface area (Å²) in [7, 11) is 2.17. The topological polar surface area (TPSA) is 45.2 Å². The van der Waals surface area contributed by atoms with Gasteiger partial charge in [0.05, 0.1) is 5.56 Å². The number of amides is 1. The van der Waals surface area contributed by atoms with Gasteiger partial charge in [-0.15, -0.1) is 11.3 Å². The van der Waals surface area contributed by atoms with Crippen molar-refractivity contribution in [3.63, 3.8) is 0 Å². The van der Waals surface area contributed by atoms with E-state index in [9.17, 15) is 4.79 Å². The van der Waals surface area contributed by atoms with E-state index >= 15 is 0 Å². The van der Waals surface area contributed by atoms with Crippen molar-refractivity contribution in [2.75, 3.05) is 20.1 Å². The van der Waals surface area contributed by atoms with E-state index in [1.165, 1.54) is 17.5 Å². The number of likely N-dealkylation sites (tertiary alicyclic amines) is 1. The van der Waals surface area contributed by atoms with Crippen LogP contribution in [0.15, 0.2) is 35.8 Å². The minimum absolute atomic E-state index is 0.0904. The standard InChI is InChI=1S/C17H20ClN3OS/c1-21-8-2-4-12(16(21)14-5-3-9-23-14)10-20-17(22)13-6-7-15(18)19-11-13/h3,5-7,9,11-12,16H,2,4,8,10H2,1H3,(H,20,22)/t12-,16-/m0/s1. The van der Waals surface area contributed by atoms with Crippen LogP contribution >= 0.6 is 22.9 Å². The Labute approximate surface area is 145 Å². The number of hydrogen-bond acceptors (Lipinski definition) is 4. The smallest absolute Gasteiger partial charge is 0.252 e. The number of rotatable bonds is 4. The average Bonchev–Trinajstić information content (AvgIpc) is 3.07. The molecule has 0 bridgehead atoms. The first kappa shape index (κ1) is 16.4. The van der Waals surface area contributed by atoms with E-state index in [-0.39, 0.29) is 5.91 Å². The molecule has 1 aliphatic heterocycles. The molecule has 1 amide bonds. The van der Waals surface area contributed by atoms with E-state index < -0.39 is 0 Å². The molecule has 3 rings (SSSR count). The minimum atomic E-state index is -0.0904. The Kier molecular flexibility index (Phi) is 5.30. The van der Waals surface area contributed by atoms with Crippen LogP contribution in [0.3, 0.4) is 0 Å². The van der Waals surface area contributed by atoms with Crippen molar-refractivity contribution in [3.8, 4) is 0 Å². The molecule has 2 aromatic heterocycles. The first-order valence-corrected chi connectivity index (χ1v) is 9.04. The number of nitrogens with zero attached hydrogens (tertiary/aromatic N) is 2. The fraction of sp³-hybridized carbons (Fsp3) is 0.412. The van der Waals surface area contributed by atoms with Crippen molar-refractivity contribution >= 4 is 28.8 Å². The Morgan fingerprint density at radius 2 is 2.35 bits per heavy atom. The maximum Gasteiger partial charge on any atom is 0.252 e. The highest BCUT2D eigenvalue weighted by Gasteiger charge is 2.31. The molecule has 1 fully saturated rings. The molecule has 0 spiro atoms. The number of aromatic nitrogens is 1. The van der Waals surface area contributed by atoms with E-state index in [2.05, 4.69) is 39.8 Å². The van der Waals surface area contributed by atoms with Gasteiger partial charge in [0.15, 0.2) is 0 Å². The van der Waals surface area contributed by atoms with Crippen molar-refractivity contribution in [2.45, 2.75) is 18.9 Å². The quantitative estimate of drug-likeness (QED) is 0.858. The summed E-state index contributed by atoms with van der Waals surface area (Å²) in [6, 6.07) is 8.01. The first-order chi connectivity index (χ1) is 11.1. The van der Waals surface area contributed by atoms with Crippen molar-refractivity contribution in [1.29, 1.82) is 0 Å². The summed E-state index contributed by atoms with van der Waals surface area (Å²) in [5, 5.41) is 5.57. The Bertz CT molecular complexity index is 644. The van der Waals surface area contributed by atoms with Gasteiger partial charge in [0.2, 0.25) is 0 Å². The SMILES string of the molecule is CN1CCC[C@@H](CNC(=O)c2ccc(Cl)nc2)[C@H]1c1cccs1. The van der Waals surface area contributed by atoms with Gasteiger partial charge in [-0.2, -0.15) is 0 Å². The van der Waals surface area contributed by atoms with Gasteiger partial charge in [-0.3, -0.25) is 9.69 Å². The van der Waals surface area contributed by atoms with E-state index in [1.807, 2.05) is 0 Å². The second kappa shape index (κ2) is 7.43. The number of piperidine rings is 1. The van der Waals surface area contributed by atoms with E-state index in [0.29, 0.717) is 29.2 Å². The summed E-state index contributed by atoms with van der Waals surface area (Å²) in [5.74, 6) is 0.337. The highest BCUT2D eigenvalue weighted by molar-refractivity contribution is 7.10. The Morgan fingerprint density at radius 1 is 1.48 bits per heavy atom. The normalized spacial score (nSPS) is 22.0. The zero-order chi connectivity index (χ0) is 16.2. The number of hydrogen-bond donors (Lipinski definition) is 1. The van der Waals surface area contributed by atoms with Crippen LogP contribution in [0.4, 0.5) is 0 Å². The molecule has 1 saturated heterocycles. The molecular formula is C17H20ClN3OS. The van der Waals surface area contributed by atoms with Crippen LogP contribution in [0, 0.1) is 5.92 Å². The Hall–Kier alpha value is -1.43. The lowest BCUT2D eigenvalue weighted by Crippen LogP contribution is -2.41. The summed E-state index contributed by atoms with van der Waals surface area (Å²) in [5.41, 5.74) is 0.547. The minimum Gasteiger partial charge on any atom is -0.352 e. The van der Waals surface area contributed by atoms with Gasteiger partial charge in [-0.05, 0) is 55.9 Å². The van der Waals surface area contributed by atoms with Gasteiger partial charge < -0.3 is 5.32 Å². The molecule has 4 nitrogen and oxygen atoms in total. The van der Waals surface area contributed by atoms with Gasteiger partial charge in [-0.25, -0.2) is 4.98 Å². The third-order valence-corrected chi connectivity index (χ3v) is 5.52. The highest BCUT2D eigenvalue weighted by Crippen LogP contribution is 2.36. The zero-order valence-electron chi connectivity index (χ0n) is 13.0. The molecule has 1 N–H and O–H groups in total. The third-order valence-electron chi connectivity index (χ3n) is 4.36. The summed E-state index contributed by atoms with van der Waals surface area (Å²) < 4.78 is 0. The number of thiophene rings is 1. The van der Waals surface area contributed by atoms with Crippen molar-refractivity contribution in [1.82, 2.24) is 15.2 Å². The Balaban J connectivity index is 1.65. The predicted octanol–water partition coefficient (Wildman–Crippen LogP) is 3.61. The van der Waals surface area contributed by atoms with E-state index in [1.54, 1.807) is 23.5 Å². The second-order valence-electron chi connectivity index (χ2n) is 5.92. The summed E-state index contributed by atoms with van der Waals surface area (Å²) >= 11 is 7.55. The number of carbonyl (C=O) groups excluding carboxylic acids is 1. The molecule has 1 aliphatic rings. The maximum absolute atomic E-state index is 12.3. The van der Waals surface area contributed by atoms with Crippen LogP contribution in [-0.2, 0) is 0 Å². The fourth-order valence-corrected chi connectivity index (χ4v) is 4.31. The lowest BCUT2D eigenvalue weighted by atomic mass is 9.88. The van der Waals surface area contributed by atoms with E-state index in [4.69, 9.17) is 11.6 Å². The van der Waals surface area contributed by atoms with Gasteiger partial charge >= 0.3 is 0 Å². The Morgan fingerprint density at radius 3 is 3.04 bits per heavy atom. The fourth-order valence-electron chi connectivity index (χ4n) is 3.22. The molecular weight excluding hydrogens is 330 g/mol. The number of carbonyl (C=O) groups is 1. The van der Waals surface area contributed by atoms with Crippen LogP contribution in [0.5, 0.6) is 0 Å².